The lowest BCUT2D eigenvalue weighted by atomic mass is 9.96. The molecule has 0 bridgehead atoms. The molecule has 0 saturated carbocycles. The molecule has 1 fully saturated rings. The molecule has 1 aliphatic rings. The van der Waals surface area contributed by atoms with Gasteiger partial charge in [0.25, 0.3) is 5.91 Å². The van der Waals surface area contributed by atoms with E-state index in [9.17, 15) is 9.59 Å². The lowest BCUT2D eigenvalue weighted by Gasteiger charge is -2.32. The van der Waals surface area contributed by atoms with E-state index in [1.54, 1.807) is 29.2 Å². The average molecular weight is 441 g/mol. The summed E-state index contributed by atoms with van der Waals surface area (Å²) in [4.78, 5) is 27.2. The number of benzene rings is 2. The third-order valence-corrected chi connectivity index (χ3v) is 6.16. The van der Waals surface area contributed by atoms with Gasteiger partial charge < -0.3 is 10.2 Å². The van der Waals surface area contributed by atoms with Crippen LogP contribution in [-0.2, 0) is 11.2 Å². The molecule has 3 aromatic rings. The van der Waals surface area contributed by atoms with Gasteiger partial charge >= 0.3 is 0 Å². The second-order valence-corrected chi connectivity index (χ2v) is 8.75. The number of carbonyl (C=O) groups is 2. The first-order valence-electron chi connectivity index (χ1n) is 9.80. The Morgan fingerprint density at radius 1 is 1.10 bits per heavy atom. The molecule has 1 aliphatic heterocycles. The third-order valence-electron chi connectivity index (χ3n) is 5.07. The number of rotatable bonds is 5. The molecule has 6 nitrogen and oxygen atoms in total. The Kier molecular flexibility index (Phi) is 6.40. The summed E-state index contributed by atoms with van der Waals surface area (Å²) in [5, 5.41) is 13.1. The van der Waals surface area contributed by atoms with Gasteiger partial charge in [-0.15, -0.1) is 10.2 Å². The molecule has 0 unspecified atom stereocenters. The van der Waals surface area contributed by atoms with E-state index in [4.69, 9.17) is 11.6 Å². The highest BCUT2D eigenvalue weighted by Crippen LogP contribution is 2.23. The lowest BCUT2D eigenvalue weighted by molar-refractivity contribution is -0.121. The zero-order valence-corrected chi connectivity index (χ0v) is 17.8. The van der Waals surface area contributed by atoms with Gasteiger partial charge in [0.2, 0.25) is 11.0 Å². The van der Waals surface area contributed by atoms with Gasteiger partial charge in [0.05, 0.1) is 5.92 Å². The van der Waals surface area contributed by atoms with E-state index in [1.807, 2.05) is 30.3 Å². The van der Waals surface area contributed by atoms with Gasteiger partial charge in [-0.1, -0.05) is 53.3 Å². The number of nitrogens with one attached hydrogen (secondary N) is 1. The van der Waals surface area contributed by atoms with Gasteiger partial charge in [0, 0.05) is 30.1 Å². The molecule has 1 N–H and O–H groups in total. The van der Waals surface area contributed by atoms with Gasteiger partial charge in [0.1, 0.15) is 5.01 Å². The van der Waals surface area contributed by atoms with Crippen LogP contribution in [0.3, 0.4) is 0 Å². The third kappa shape index (κ3) is 5.04. The van der Waals surface area contributed by atoms with Gasteiger partial charge in [-0.25, -0.2) is 0 Å². The van der Waals surface area contributed by atoms with Crippen molar-refractivity contribution in [2.45, 2.75) is 19.3 Å². The molecule has 2 amide bonds. The second-order valence-electron chi connectivity index (χ2n) is 7.25. The van der Waals surface area contributed by atoms with E-state index < -0.39 is 0 Å². The van der Waals surface area contributed by atoms with Crippen molar-refractivity contribution < 1.29 is 9.59 Å². The zero-order valence-electron chi connectivity index (χ0n) is 16.3. The van der Waals surface area contributed by atoms with Crippen LogP contribution in [0, 0.1) is 5.92 Å². The summed E-state index contributed by atoms with van der Waals surface area (Å²) >= 11 is 7.28. The van der Waals surface area contributed by atoms with Crippen LogP contribution in [-0.4, -0.2) is 40.0 Å². The van der Waals surface area contributed by atoms with Crippen molar-refractivity contribution in [1.29, 1.82) is 0 Å². The quantitative estimate of drug-likeness (QED) is 0.642. The number of halogens is 1. The fraction of sp³-hybridized carbons (Fsp3) is 0.273. The number of likely N-dealkylation sites (tertiary alicyclic amines) is 1. The van der Waals surface area contributed by atoms with Crippen LogP contribution in [0.25, 0.3) is 0 Å². The standard InChI is InChI=1S/C22H21ClN4O2S/c23-18-10-8-16(9-11-18)21(29)27-12-4-7-17(14-27)20(28)24-22-26-25-19(30-22)13-15-5-2-1-3-6-15/h1-3,5-6,8-11,17H,4,7,12-14H2,(H,24,26,28)/t17-/m1/s1. The van der Waals surface area contributed by atoms with E-state index in [2.05, 4.69) is 15.5 Å². The van der Waals surface area contributed by atoms with Crippen molar-refractivity contribution >= 4 is 39.9 Å². The predicted octanol–water partition coefficient (Wildman–Crippen LogP) is 4.27. The van der Waals surface area contributed by atoms with Crippen molar-refractivity contribution in [3.63, 3.8) is 0 Å². The fourth-order valence-electron chi connectivity index (χ4n) is 3.50. The van der Waals surface area contributed by atoms with Crippen molar-refractivity contribution in [2.75, 3.05) is 18.4 Å². The van der Waals surface area contributed by atoms with Crippen molar-refractivity contribution in [3.05, 3.63) is 75.8 Å². The Morgan fingerprint density at radius 2 is 1.87 bits per heavy atom. The summed E-state index contributed by atoms with van der Waals surface area (Å²) in [6.07, 6.45) is 2.21. The average Bonchev–Trinajstić information content (AvgIpc) is 3.21. The first-order valence-corrected chi connectivity index (χ1v) is 11.0. The maximum atomic E-state index is 12.8. The lowest BCUT2D eigenvalue weighted by Crippen LogP contribution is -2.43. The highest BCUT2D eigenvalue weighted by molar-refractivity contribution is 7.15. The van der Waals surface area contributed by atoms with Gasteiger partial charge in [-0.2, -0.15) is 0 Å². The molecule has 0 spiro atoms. The van der Waals surface area contributed by atoms with Crippen molar-refractivity contribution in [3.8, 4) is 0 Å². The van der Waals surface area contributed by atoms with Gasteiger partial charge in [-0.3, -0.25) is 9.59 Å². The van der Waals surface area contributed by atoms with Crippen LogP contribution in [0.1, 0.15) is 33.8 Å². The number of aromatic nitrogens is 2. The number of hydrogen-bond donors (Lipinski definition) is 1. The second kappa shape index (κ2) is 9.36. The van der Waals surface area contributed by atoms with Crippen LogP contribution in [0.4, 0.5) is 5.13 Å². The number of hydrogen-bond acceptors (Lipinski definition) is 5. The van der Waals surface area contributed by atoms with E-state index in [1.165, 1.54) is 11.3 Å². The van der Waals surface area contributed by atoms with Crippen molar-refractivity contribution in [1.82, 2.24) is 15.1 Å². The molecule has 30 heavy (non-hydrogen) atoms. The molecule has 1 aromatic heterocycles. The maximum Gasteiger partial charge on any atom is 0.253 e. The molecular weight excluding hydrogens is 420 g/mol. The first kappa shape index (κ1) is 20.5. The number of anilines is 1. The summed E-state index contributed by atoms with van der Waals surface area (Å²) in [6.45, 7) is 1.04. The number of carbonyl (C=O) groups excluding carboxylic acids is 2. The molecule has 8 heteroatoms. The Bertz CT molecular complexity index is 1020. The molecule has 154 valence electrons. The Hall–Kier alpha value is -2.77. The predicted molar refractivity (Wildman–Crippen MR) is 118 cm³/mol. The molecule has 4 rings (SSSR count). The van der Waals surface area contributed by atoms with Gasteiger partial charge in [0.15, 0.2) is 0 Å². The summed E-state index contributed by atoms with van der Waals surface area (Å²) < 4.78 is 0. The normalized spacial score (nSPS) is 16.3. The molecule has 0 aliphatic carbocycles. The molecule has 2 heterocycles. The summed E-state index contributed by atoms with van der Waals surface area (Å²) in [6, 6.07) is 16.8. The minimum Gasteiger partial charge on any atom is -0.338 e. The fourth-order valence-corrected chi connectivity index (χ4v) is 4.41. The van der Waals surface area contributed by atoms with E-state index in [0.717, 1.165) is 23.4 Å². The monoisotopic (exact) mass is 440 g/mol. The zero-order chi connectivity index (χ0) is 20.9. The van der Waals surface area contributed by atoms with Gasteiger partial charge in [-0.05, 0) is 42.7 Å². The summed E-state index contributed by atoms with van der Waals surface area (Å²) in [5.41, 5.74) is 1.73. The number of piperidine rings is 1. The summed E-state index contributed by atoms with van der Waals surface area (Å²) in [5.74, 6) is -0.465. The van der Waals surface area contributed by atoms with Crippen molar-refractivity contribution in [2.24, 2.45) is 5.92 Å². The van der Waals surface area contributed by atoms with Crippen LogP contribution in [0.2, 0.25) is 5.02 Å². The number of nitrogens with zero attached hydrogens (tertiary/aromatic N) is 3. The minimum absolute atomic E-state index is 0.0785. The molecule has 1 atom stereocenters. The Morgan fingerprint density at radius 3 is 2.63 bits per heavy atom. The van der Waals surface area contributed by atoms with E-state index >= 15 is 0 Å². The topological polar surface area (TPSA) is 75.2 Å². The number of amides is 2. The molecule has 2 aromatic carbocycles. The minimum atomic E-state index is -0.267. The SMILES string of the molecule is O=C(Nc1nnc(Cc2ccccc2)s1)[C@@H]1CCCN(C(=O)c2ccc(Cl)cc2)C1. The Labute approximate surface area is 183 Å². The largest absolute Gasteiger partial charge is 0.338 e. The van der Waals surface area contributed by atoms with Crippen LogP contribution in [0.15, 0.2) is 54.6 Å². The van der Waals surface area contributed by atoms with Crippen LogP contribution >= 0.6 is 22.9 Å². The van der Waals surface area contributed by atoms with Crippen LogP contribution < -0.4 is 5.32 Å². The molecular formula is C22H21ClN4O2S. The highest BCUT2D eigenvalue weighted by atomic mass is 35.5. The molecule has 1 saturated heterocycles. The highest BCUT2D eigenvalue weighted by Gasteiger charge is 2.29. The van der Waals surface area contributed by atoms with E-state index in [-0.39, 0.29) is 17.7 Å². The smallest absolute Gasteiger partial charge is 0.253 e. The van der Waals surface area contributed by atoms with Crippen LogP contribution in [0.5, 0.6) is 0 Å². The Balaban J connectivity index is 1.35. The first-order chi connectivity index (χ1) is 14.6. The molecule has 0 radical (unpaired) electrons. The maximum absolute atomic E-state index is 12.8. The van der Waals surface area contributed by atoms with E-state index in [0.29, 0.717) is 35.2 Å². The summed E-state index contributed by atoms with van der Waals surface area (Å²) in [7, 11) is 0.